The molecule has 0 saturated carbocycles. The van der Waals surface area contributed by atoms with Crippen LogP contribution >= 0.6 is 0 Å². The first kappa shape index (κ1) is 12.4. The number of aldehydes is 1. The quantitative estimate of drug-likeness (QED) is 0.777. The monoisotopic (exact) mass is 244 g/mol. The number of carbonyl (C=O) groups is 1. The van der Waals surface area contributed by atoms with E-state index in [0.29, 0.717) is 11.3 Å². The van der Waals surface area contributed by atoms with Crippen molar-refractivity contribution >= 4 is 6.29 Å². The summed E-state index contributed by atoms with van der Waals surface area (Å²) >= 11 is 0. The van der Waals surface area contributed by atoms with Crippen LogP contribution in [-0.2, 0) is 0 Å². The van der Waals surface area contributed by atoms with Gasteiger partial charge in [0.05, 0.1) is 17.4 Å². The number of aromatic nitrogens is 2. The second-order valence-corrected chi connectivity index (χ2v) is 4.37. The average Bonchev–Trinajstić information content (AvgIpc) is 2.70. The van der Waals surface area contributed by atoms with E-state index in [2.05, 4.69) is 5.10 Å². The molecular weight excluding hydrogens is 228 g/mol. The standard InChI is InChI=1S/C14H16N2O2/c1-10(2)18-14-7-5-4-6-13(14)16-8-12(9-17)11(3)15-16/h4-10H,1-3H3. The highest BCUT2D eigenvalue weighted by molar-refractivity contribution is 5.76. The molecule has 0 N–H and O–H groups in total. The van der Waals surface area contributed by atoms with Gasteiger partial charge in [0.2, 0.25) is 0 Å². The Morgan fingerprint density at radius 2 is 2.06 bits per heavy atom. The Bertz CT molecular complexity index is 559. The Hall–Kier alpha value is -2.10. The Morgan fingerprint density at radius 1 is 1.33 bits per heavy atom. The number of carbonyl (C=O) groups excluding carboxylic acids is 1. The second-order valence-electron chi connectivity index (χ2n) is 4.37. The molecule has 0 fully saturated rings. The maximum Gasteiger partial charge on any atom is 0.153 e. The predicted octanol–water partition coefficient (Wildman–Crippen LogP) is 2.78. The van der Waals surface area contributed by atoms with E-state index in [1.165, 1.54) is 0 Å². The summed E-state index contributed by atoms with van der Waals surface area (Å²) in [5, 5.41) is 4.33. The smallest absolute Gasteiger partial charge is 0.153 e. The van der Waals surface area contributed by atoms with Crippen LogP contribution in [-0.4, -0.2) is 22.2 Å². The first-order valence-electron chi connectivity index (χ1n) is 5.89. The minimum Gasteiger partial charge on any atom is -0.489 e. The molecule has 94 valence electrons. The number of hydrogen-bond donors (Lipinski definition) is 0. The van der Waals surface area contributed by atoms with Crippen molar-refractivity contribution in [2.45, 2.75) is 26.9 Å². The summed E-state index contributed by atoms with van der Waals surface area (Å²) in [7, 11) is 0. The van der Waals surface area contributed by atoms with Crippen LogP contribution in [0.15, 0.2) is 30.5 Å². The van der Waals surface area contributed by atoms with Crippen LogP contribution in [0.5, 0.6) is 5.75 Å². The fraction of sp³-hybridized carbons (Fsp3) is 0.286. The van der Waals surface area contributed by atoms with Crippen LogP contribution in [0.2, 0.25) is 0 Å². The van der Waals surface area contributed by atoms with Gasteiger partial charge in [-0.25, -0.2) is 4.68 Å². The SMILES string of the molecule is Cc1nn(-c2ccccc2OC(C)C)cc1C=O. The molecule has 2 aromatic rings. The molecule has 1 aromatic carbocycles. The van der Waals surface area contributed by atoms with E-state index >= 15 is 0 Å². The Balaban J connectivity index is 2.45. The summed E-state index contributed by atoms with van der Waals surface area (Å²) in [6.07, 6.45) is 2.61. The molecule has 0 atom stereocenters. The zero-order valence-electron chi connectivity index (χ0n) is 10.8. The molecular formula is C14H16N2O2. The molecule has 0 saturated heterocycles. The maximum atomic E-state index is 10.9. The Kier molecular flexibility index (Phi) is 3.46. The number of para-hydroxylation sites is 2. The molecule has 0 aliphatic carbocycles. The summed E-state index contributed by atoms with van der Waals surface area (Å²) in [4.78, 5) is 10.9. The number of rotatable bonds is 4. The highest BCUT2D eigenvalue weighted by Crippen LogP contribution is 2.23. The number of ether oxygens (including phenoxy) is 1. The first-order valence-corrected chi connectivity index (χ1v) is 5.89. The predicted molar refractivity (Wildman–Crippen MR) is 69.5 cm³/mol. The summed E-state index contributed by atoms with van der Waals surface area (Å²) in [6.45, 7) is 5.76. The number of benzene rings is 1. The zero-order valence-corrected chi connectivity index (χ0v) is 10.8. The molecule has 0 radical (unpaired) electrons. The minimum absolute atomic E-state index is 0.0911. The lowest BCUT2D eigenvalue weighted by Gasteiger charge is -2.13. The third kappa shape index (κ3) is 2.42. The second kappa shape index (κ2) is 5.04. The molecule has 0 aliphatic heterocycles. The Labute approximate surface area is 106 Å². The highest BCUT2D eigenvalue weighted by atomic mass is 16.5. The van der Waals surface area contributed by atoms with Gasteiger partial charge in [0.1, 0.15) is 11.4 Å². The molecule has 2 rings (SSSR count). The third-order valence-electron chi connectivity index (χ3n) is 2.54. The molecule has 0 bridgehead atoms. The van der Waals surface area contributed by atoms with Gasteiger partial charge < -0.3 is 4.74 Å². The molecule has 1 aromatic heterocycles. The van der Waals surface area contributed by atoms with Crippen LogP contribution in [0.1, 0.15) is 29.9 Å². The van der Waals surface area contributed by atoms with Crippen molar-refractivity contribution in [1.29, 1.82) is 0 Å². The summed E-state index contributed by atoms with van der Waals surface area (Å²) < 4.78 is 7.41. The minimum atomic E-state index is 0.0911. The van der Waals surface area contributed by atoms with Gasteiger partial charge in [-0.3, -0.25) is 4.79 Å². The van der Waals surface area contributed by atoms with Crippen LogP contribution in [0.25, 0.3) is 5.69 Å². The van der Waals surface area contributed by atoms with Crippen LogP contribution < -0.4 is 4.74 Å². The van der Waals surface area contributed by atoms with E-state index in [0.717, 1.165) is 17.7 Å². The molecule has 0 unspecified atom stereocenters. The van der Waals surface area contributed by atoms with Gasteiger partial charge in [-0.15, -0.1) is 0 Å². The first-order chi connectivity index (χ1) is 8.61. The Morgan fingerprint density at radius 3 is 2.67 bits per heavy atom. The lowest BCUT2D eigenvalue weighted by Crippen LogP contribution is -2.08. The number of aryl methyl sites for hydroxylation is 1. The van der Waals surface area contributed by atoms with Crippen molar-refractivity contribution in [1.82, 2.24) is 9.78 Å². The van der Waals surface area contributed by atoms with Gasteiger partial charge in [-0.2, -0.15) is 5.10 Å². The molecule has 4 nitrogen and oxygen atoms in total. The van der Waals surface area contributed by atoms with E-state index in [1.807, 2.05) is 45.0 Å². The van der Waals surface area contributed by atoms with Crippen molar-refractivity contribution in [3.63, 3.8) is 0 Å². The van der Waals surface area contributed by atoms with Crippen LogP contribution in [0, 0.1) is 6.92 Å². The van der Waals surface area contributed by atoms with E-state index in [-0.39, 0.29) is 6.10 Å². The lowest BCUT2D eigenvalue weighted by atomic mass is 10.3. The van der Waals surface area contributed by atoms with Crippen molar-refractivity contribution < 1.29 is 9.53 Å². The van der Waals surface area contributed by atoms with E-state index in [9.17, 15) is 4.79 Å². The van der Waals surface area contributed by atoms with E-state index < -0.39 is 0 Å². The fourth-order valence-electron chi connectivity index (χ4n) is 1.71. The van der Waals surface area contributed by atoms with Crippen molar-refractivity contribution in [2.24, 2.45) is 0 Å². The molecule has 18 heavy (non-hydrogen) atoms. The molecule has 0 spiro atoms. The molecule has 1 heterocycles. The van der Waals surface area contributed by atoms with E-state index in [4.69, 9.17) is 4.74 Å². The zero-order chi connectivity index (χ0) is 13.1. The van der Waals surface area contributed by atoms with Crippen LogP contribution in [0.3, 0.4) is 0 Å². The molecule has 4 heteroatoms. The van der Waals surface area contributed by atoms with Gasteiger partial charge in [-0.05, 0) is 32.9 Å². The number of nitrogens with zero attached hydrogens (tertiary/aromatic N) is 2. The van der Waals surface area contributed by atoms with Crippen molar-refractivity contribution in [2.75, 3.05) is 0 Å². The summed E-state index contributed by atoms with van der Waals surface area (Å²) in [5.74, 6) is 0.757. The number of hydrogen-bond acceptors (Lipinski definition) is 3. The normalized spacial score (nSPS) is 10.7. The maximum absolute atomic E-state index is 10.9. The van der Waals surface area contributed by atoms with Gasteiger partial charge in [0, 0.05) is 6.20 Å². The molecule has 0 aliphatic rings. The fourth-order valence-corrected chi connectivity index (χ4v) is 1.71. The summed E-state index contributed by atoms with van der Waals surface area (Å²) in [5.41, 5.74) is 2.14. The molecule has 0 amide bonds. The van der Waals surface area contributed by atoms with Gasteiger partial charge >= 0.3 is 0 Å². The van der Waals surface area contributed by atoms with Crippen LogP contribution in [0.4, 0.5) is 0 Å². The summed E-state index contributed by atoms with van der Waals surface area (Å²) in [6, 6.07) is 7.64. The third-order valence-corrected chi connectivity index (χ3v) is 2.54. The van der Waals surface area contributed by atoms with Crippen molar-refractivity contribution in [3.8, 4) is 11.4 Å². The largest absolute Gasteiger partial charge is 0.489 e. The lowest BCUT2D eigenvalue weighted by molar-refractivity contribution is 0.112. The van der Waals surface area contributed by atoms with Gasteiger partial charge in [0.25, 0.3) is 0 Å². The van der Waals surface area contributed by atoms with Gasteiger partial charge in [0.15, 0.2) is 6.29 Å². The average molecular weight is 244 g/mol. The van der Waals surface area contributed by atoms with E-state index in [1.54, 1.807) is 10.9 Å². The topological polar surface area (TPSA) is 44.1 Å². The van der Waals surface area contributed by atoms with Crippen molar-refractivity contribution in [3.05, 3.63) is 41.7 Å². The highest BCUT2D eigenvalue weighted by Gasteiger charge is 2.10. The van der Waals surface area contributed by atoms with Gasteiger partial charge in [-0.1, -0.05) is 12.1 Å².